The molecule has 3 nitrogen and oxygen atoms in total. The largest absolute Gasteiger partial charge is 0.481 e. The number of aryl methyl sites for hydroxylation is 1. The molecule has 5 heteroatoms. The first-order valence-corrected chi connectivity index (χ1v) is 8.97. The highest BCUT2D eigenvalue weighted by atomic mass is 32.1. The monoisotopic (exact) mass is 321 g/mol. The first-order chi connectivity index (χ1) is 10.2. The van der Waals surface area contributed by atoms with Gasteiger partial charge in [-0.3, -0.25) is 9.69 Å². The Morgan fingerprint density at radius 1 is 1.38 bits per heavy atom. The summed E-state index contributed by atoms with van der Waals surface area (Å²) < 4.78 is 0. The van der Waals surface area contributed by atoms with E-state index in [1.54, 1.807) is 22.7 Å². The van der Waals surface area contributed by atoms with E-state index in [2.05, 4.69) is 40.8 Å². The molecule has 3 heterocycles. The third-order valence-electron chi connectivity index (χ3n) is 4.13. The number of rotatable bonds is 4. The fourth-order valence-corrected chi connectivity index (χ4v) is 5.05. The van der Waals surface area contributed by atoms with Crippen molar-refractivity contribution < 1.29 is 9.90 Å². The number of carboxylic acids is 1. The Labute approximate surface area is 132 Å². The Morgan fingerprint density at radius 3 is 2.86 bits per heavy atom. The maximum Gasteiger partial charge on any atom is 0.307 e. The van der Waals surface area contributed by atoms with Gasteiger partial charge in [-0.2, -0.15) is 0 Å². The molecule has 1 aliphatic rings. The maximum atomic E-state index is 11.3. The van der Waals surface area contributed by atoms with Crippen molar-refractivity contribution >= 4 is 28.6 Å². The van der Waals surface area contributed by atoms with Crippen molar-refractivity contribution in [2.75, 3.05) is 13.1 Å². The summed E-state index contributed by atoms with van der Waals surface area (Å²) in [5.74, 6) is -0.894. The van der Waals surface area contributed by atoms with E-state index >= 15 is 0 Å². The second-order valence-electron chi connectivity index (χ2n) is 5.56. The molecule has 1 N–H and O–H groups in total. The lowest BCUT2D eigenvalue weighted by atomic mass is 9.95. The topological polar surface area (TPSA) is 40.5 Å². The minimum atomic E-state index is -0.660. The summed E-state index contributed by atoms with van der Waals surface area (Å²) in [6, 6.07) is 6.61. The SMILES string of the molecule is Cc1ccsc1C(c1cccs1)N1CCCC(C(=O)O)C1. The van der Waals surface area contributed by atoms with E-state index in [9.17, 15) is 9.90 Å². The van der Waals surface area contributed by atoms with Gasteiger partial charge >= 0.3 is 5.97 Å². The number of piperidine rings is 1. The molecule has 3 rings (SSSR count). The molecular formula is C16H19NO2S2. The molecule has 2 aromatic rings. The number of carbonyl (C=O) groups is 1. The van der Waals surface area contributed by atoms with Gasteiger partial charge in [0.1, 0.15) is 0 Å². The van der Waals surface area contributed by atoms with Crippen LogP contribution in [0.3, 0.4) is 0 Å². The molecule has 2 aromatic heterocycles. The molecular weight excluding hydrogens is 302 g/mol. The van der Waals surface area contributed by atoms with Crippen LogP contribution in [0.5, 0.6) is 0 Å². The molecule has 2 unspecified atom stereocenters. The molecule has 21 heavy (non-hydrogen) atoms. The van der Waals surface area contributed by atoms with Crippen molar-refractivity contribution in [3.05, 3.63) is 44.3 Å². The van der Waals surface area contributed by atoms with Gasteiger partial charge in [-0.25, -0.2) is 0 Å². The number of likely N-dealkylation sites (tertiary alicyclic amines) is 1. The Morgan fingerprint density at radius 2 is 2.24 bits per heavy atom. The lowest BCUT2D eigenvalue weighted by Gasteiger charge is -2.36. The summed E-state index contributed by atoms with van der Waals surface area (Å²) >= 11 is 3.54. The third kappa shape index (κ3) is 3.05. The zero-order chi connectivity index (χ0) is 14.8. The van der Waals surface area contributed by atoms with Gasteiger partial charge in [0.15, 0.2) is 0 Å². The van der Waals surface area contributed by atoms with E-state index in [1.807, 2.05) is 0 Å². The van der Waals surface area contributed by atoms with E-state index in [4.69, 9.17) is 0 Å². The molecule has 1 fully saturated rings. The first kappa shape index (κ1) is 14.8. The smallest absolute Gasteiger partial charge is 0.307 e. The van der Waals surface area contributed by atoms with Gasteiger partial charge in [0.2, 0.25) is 0 Å². The Balaban J connectivity index is 1.93. The molecule has 0 bridgehead atoms. The highest BCUT2D eigenvalue weighted by Crippen LogP contribution is 2.38. The Kier molecular flexibility index (Phi) is 4.42. The highest BCUT2D eigenvalue weighted by Gasteiger charge is 2.32. The second kappa shape index (κ2) is 6.30. The van der Waals surface area contributed by atoms with E-state index < -0.39 is 5.97 Å². The molecule has 2 atom stereocenters. The summed E-state index contributed by atoms with van der Waals surface area (Å²) in [7, 11) is 0. The minimum absolute atomic E-state index is 0.215. The van der Waals surface area contributed by atoms with Gasteiger partial charge < -0.3 is 5.11 Å². The van der Waals surface area contributed by atoms with E-state index in [0.29, 0.717) is 6.54 Å². The Hall–Kier alpha value is -1.17. The van der Waals surface area contributed by atoms with Crippen LogP contribution in [0.2, 0.25) is 0 Å². The molecule has 0 aliphatic carbocycles. The third-order valence-corrected chi connectivity index (χ3v) is 6.13. The first-order valence-electron chi connectivity index (χ1n) is 7.21. The van der Waals surface area contributed by atoms with Gasteiger partial charge in [0, 0.05) is 16.3 Å². The number of nitrogens with zero attached hydrogens (tertiary/aromatic N) is 1. The lowest BCUT2D eigenvalue weighted by Crippen LogP contribution is -2.41. The van der Waals surface area contributed by atoms with Crippen LogP contribution < -0.4 is 0 Å². The number of hydrogen-bond donors (Lipinski definition) is 1. The van der Waals surface area contributed by atoms with E-state index in [1.165, 1.54) is 15.3 Å². The van der Waals surface area contributed by atoms with Crippen LogP contribution in [0.15, 0.2) is 29.0 Å². The second-order valence-corrected chi connectivity index (χ2v) is 7.49. The average Bonchev–Trinajstić information content (AvgIpc) is 3.13. The van der Waals surface area contributed by atoms with Crippen LogP contribution in [0, 0.1) is 12.8 Å². The van der Waals surface area contributed by atoms with Crippen molar-refractivity contribution in [3.63, 3.8) is 0 Å². The Bertz CT molecular complexity index is 606. The molecule has 0 radical (unpaired) electrons. The predicted octanol–water partition coefficient (Wildman–Crippen LogP) is 4.00. The molecule has 0 amide bonds. The molecule has 112 valence electrons. The van der Waals surface area contributed by atoms with Gasteiger partial charge in [-0.1, -0.05) is 6.07 Å². The molecule has 1 aliphatic heterocycles. The van der Waals surface area contributed by atoms with Crippen molar-refractivity contribution in [2.24, 2.45) is 5.92 Å². The average molecular weight is 321 g/mol. The highest BCUT2D eigenvalue weighted by molar-refractivity contribution is 7.11. The normalized spacial score (nSPS) is 21.3. The predicted molar refractivity (Wildman–Crippen MR) is 87.2 cm³/mol. The van der Waals surface area contributed by atoms with Crippen molar-refractivity contribution in [1.29, 1.82) is 0 Å². The minimum Gasteiger partial charge on any atom is -0.481 e. The van der Waals surface area contributed by atoms with Crippen LogP contribution in [-0.4, -0.2) is 29.1 Å². The van der Waals surface area contributed by atoms with Crippen molar-refractivity contribution in [1.82, 2.24) is 4.90 Å². The standard InChI is InChI=1S/C16H19NO2S2/c1-11-6-9-21-15(11)14(13-5-3-8-20-13)17-7-2-4-12(10-17)16(18)19/h3,5-6,8-9,12,14H,2,4,7,10H2,1H3,(H,18,19). The van der Waals surface area contributed by atoms with Crippen molar-refractivity contribution in [3.8, 4) is 0 Å². The number of carboxylic acid groups (broad SMARTS) is 1. The summed E-state index contributed by atoms with van der Waals surface area (Å²) in [6.07, 6.45) is 1.76. The zero-order valence-electron chi connectivity index (χ0n) is 12.0. The van der Waals surface area contributed by atoms with Crippen LogP contribution in [0.4, 0.5) is 0 Å². The van der Waals surface area contributed by atoms with Crippen molar-refractivity contribution in [2.45, 2.75) is 25.8 Å². The quantitative estimate of drug-likeness (QED) is 0.925. The van der Waals surface area contributed by atoms with Crippen LogP contribution >= 0.6 is 22.7 Å². The fraction of sp³-hybridized carbons (Fsp3) is 0.438. The summed E-state index contributed by atoms with van der Waals surface area (Å²) in [4.78, 5) is 16.4. The zero-order valence-corrected chi connectivity index (χ0v) is 13.6. The maximum absolute atomic E-state index is 11.3. The lowest BCUT2D eigenvalue weighted by molar-refractivity contribution is -0.143. The van der Waals surface area contributed by atoms with Gasteiger partial charge in [0.25, 0.3) is 0 Å². The van der Waals surface area contributed by atoms with Gasteiger partial charge in [-0.15, -0.1) is 22.7 Å². The number of thiophene rings is 2. The van der Waals surface area contributed by atoms with Crippen LogP contribution in [0.1, 0.15) is 34.2 Å². The summed E-state index contributed by atoms with van der Waals surface area (Å²) in [5.41, 5.74) is 1.30. The van der Waals surface area contributed by atoms with E-state index in [0.717, 1.165) is 19.4 Å². The molecule has 0 spiro atoms. The van der Waals surface area contributed by atoms with Gasteiger partial charge in [-0.05, 0) is 54.8 Å². The number of hydrogen-bond acceptors (Lipinski definition) is 4. The van der Waals surface area contributed by atoms with Gasteiger partial charge in [0.05, 0.1) is 12.0 Å². The van der Waals surface area contributed by atoms with Crippen LogP contribution in [0.25, 0.3) is 0 Å². The van der Waals surface area contributed by atoms with E-state index in [-0.39, 0.29) is 12.0 Å². The number of aliphatic carboxylic acids is 1. The van der Waals surface area contributed by atoms with Crippen LogP contribution in [-0.2, 0) is 4.79 Å². The summed E-state index contributed by atoms with van der Waals surface area (Å²) in [6.45, 7) is 3.77. The molecule has 0 aromatic carbocycles. The fourth-order valence-electron chi connectivity index (χ4n) is 3.03. The molecule has 0 saturated carbocycles. The molecule has 1 saturated heterocycles. The summed E-state index contributed by atoms with van der Waals surface area (Å²) in [5, 5.41) is 13.6.